The van der Waals surface area contributed by atoms with Gasteiger partial charge >= 0.3 is 0 Å². The molecule has 1 N–H and O–H groups in total. The number of benzene rings is 1. The maximum atomic E-state index is 5.63. The summed E-state index contributed by atoms with van der Waals surface area (Å²) in [6.07, 6.45) is 4.86. The second kappa shape index (κ2) is 10.8. The molecule has 3 heteroatoms. The van der Waals surface area contributed by atoms with Crippen molar-refractivity contribution in [2.45, 2.75) is 45.6 Å². The monoisotopic (exact) mass is 318 g/mol. The van der Waals surface area contributed by atoms with Crippen LogP contribution in [0.5, 0.6) is 0 Å². The van der Waals surface area contributed by atoms with Crippen LogP contribution in [-0.2, 0) is 11.2 Å². The Balaban J connectivity index is 1.49. The standard InChI is InChI=1S/C20H34N2O/c1-18(2)17-23-16-6-12-21-20-10-14-22(15-11-20)13-9-19-7-4-3-5-8-19/h3-5,7-8,18,20-21H,6,9-17H2,1-2H3. The van der Waals surface area contributed by atoms with Crippen LogP contribution in [0.1, 0.15) is 38.7 Å². The molecule has 0 amide bonds. The van der Waals surface area contributed by atoms with Gasteiger partial charge in [0.05, 0.1) is 0 Å². The lowest BCUT2D eigenvalue weighted by molar-refractivity contribution is 0.106. The third-order valence-electron chi connectivity index (χ3n) is 4.50. The Morgan fingerprint density at radius 1 is 1.17 bits per heavy atom. The largest absolute Gasteiger partial charge is 0.381 e. The van der Waals surface area contributed by atoms with Crippen LogP contribution in [0.25, 0.3) is 0 Å². The molecule has 1 aliphatic heterocycles. The average molecular weight is 319 g/mol. The zero-order valence-corrected chi connectivity index (χ0v) is 15.0. The molecule has 23 heavy (non-hydrogen) atoms. The second-order valence-electron chi connectivity index (χ2n) is 7.13. The summed E-state index contributed by atoms with van der Waals surface area (Å²) in [5, 5.41) is 3.70. The van der Waals surface area contributed by atoms with E-state index in [-0.39, 0.29) is 0 Å². The molecule has 3 nitrogen and oxygen atoms in total. The van der Waals surface area contributed by atoms with E-state index >= 15 is 0 Å². The number of ether oxygens (including phenoxy) is 1. The molecule has 0 atom stereocenters. The summed E-state index contributed by atoms with van der Waals surface area (Å²) in [7, 11) is 0. The average Bonchev–Trinajstić information content (AvgIpc) is 2.58. The molecule has 1 aromatic carbocycles. The van der Waals surface area contributed by atoms with Gasteiger partial charge in [0.2, 0.25) is 0 Å². The molecular formula is C20H34N2O. The molecule has 0 spiro atoms. The molecule has 0 bridgehead atoms. The third kappa shape index (κ3) is 7.96. The number of piperidine rings is 1. The van der Waals surface area contributed by atoms with E-state index in [0.29, 0.717) is 12.0 Å². The van der Waals surface area contributed by atoms with Crippen LogP contribution in [0, 0.1) is 5.92 Å². The Bertz CT molecular complexity index is 399. The second-order valence-corrected chi connectivity index (χ2v) is 7.13. The number of hydrogen-bond donors (Lipinski definition) is 1. The Hall–Kier alpha value is -0.900. The zero-order valence-electron chi connectivity index (χ0n) is 15.0. The smallest absolute Gasteiger partial charge is 0.0489 e. The summed E-state index contributed by atoms with van der Waals surface area (Å²) in [6.45, 7) is 10.9. The Kier molecular flexibility index (Phi) is 8.66. The molecule has 1 heterocycles. The van der Waals surface area contributed by atoms with E-state index in [4.69, 9.17) is 4.74 Å². The molecule has 1 aromatic rings. The summed E-state index contributed by atoms with van der Waals surface area (Å²) in [5.74, 6) is 0.642. The fraction of sp³-hybridized carbons (Fsp3) is 0.700. The first kappa shape index (κ1) is 18.4. The maximum absolute atomic E-state index is 5.63. The fourth-order valence-electron chi connectivity index (χ4n) is 3.09. The molecule has 0 unspecified atom stereocenters. The minimum absolute atomic E-state index is 0.642. The zero-order chi connectivity index (χ0) is 16.3. The van der Waals surface area contributed by atoms with Gasteiger partial charge in [0.25, 0.3) is 0 Å². The highest BCUT2D eigenvalue weighted by atomic mass is 16.5. The number of nitrogens with zero attached hydrogens (tertiary/aromatic N) is 1. The lowest BCUT2D eigenvalue weighted by Gasteiger charge is -2.32. The van der Waals surface area contributed by atoms with Crippen molar-refractivity contribution in [1.29, 1.82) is 0 Å². The maximum Gasteiger partial charge on any atom is 0.0489 e. The van der Waals surface area contributed by atoms with Crippen LogP contribution in [0.2, 0.25) is 0 Å². The number of rotatable bonds is 10. The van der Waals surface area contributed by atoms with Gasteiger partial charge in [0.1, 0.15) is 0 Å². The van der Waals surface area contributed by atoms with Crippen LogP contribution in [0.15, 0.2) is 30.3 Å². The van der Waals surface area contributed by atoms with Gasteiger partial charge < -0.3 is 15.0 Å². The molecule has 0 aromatic heterocycles. The first-order valence-corrected chi connectivity index (χ1v) is 9.31. The van der Waals surface area contributed by atoms with Crippen molar-refractivity contribution in [1.82, 2.24) is 10.2 Å². The Labute approximate surface area is 142 Å². The minimum atomic E-state index is 0.642. The van der Waals surface area contributed by atoms with Crippen molar-refractivity contribution < 1.29 is 4.74 Å². The van der Waals surface area contributed by atoms with Gasteiger partial charge in [-0.3, -0.25) is 0 Å². The van der Waals surface area contributed by atoms with Gasteiger partial charge in [-0.1, -0.05) is 44.2 Å². The summed E-state index contributed by atoms with van der Waals surface area (Å²) in [6, 6.07) is 11.5. The summed E-state index contributed by atoms with van der Waals surface area (Å²) >= 11 is 0. The van der Waals surface area contributed by atoms with E-state index < -0.39 is 0 Å². The van der Waals surface area contributed by atoms with Crippen molar-refractivity contribution >= 4 is 0 Å². The Morgan fingerprint density at radius 2 is 1.91 bits per heavy atom. The normalized spacial score (nSPS) is 17.0. The van der Waals surface area contributed by atoms with Crippen molar-refractivity contribution in [2.75, 3.05) is 39.4 Å². The van der Waals surface area contributed by atoms with Gasteiger partial charge in [-0.2, -0.15) is 0 Å². The summed E-state index contributed by atoms with van der Waals surface area (Å²) in [4.78, 5) is 2.61. The highest BCUT2D eigenvalue weighted by Gasteiger charge is 2.18. The topological polar surface area (TPSA) is 24.5 Å². The van der Waals surface area contributed by atoms with Crippen LogP contribution in [-0.4, -0.2) is 50.3 Å². The lowest BCUT2D eigenvalue weighted by atomic mass is 10.0. The van der Waals surface area contributed by atoms with Crippen molar-refractivity contribution in [3.05, 3.63) is 35.9 Å². The fourth-order valence-corrected chi connectivity index (χ4v) is 3.09. The van der Waals surface area contributed by atoms with Crippen molar-refractivity contribution in [2.24, 2.45) is 5.92 Å². The molecular weight excluding hydrogens is 284 g/mol. The third-order valence-corrected chi connectivity index (χ3v) is 4.50. The van der Waals surface area contributed by atoms with Gasteiger partial charge in [-0.05, 0) is 56.8 Å². The highest BCUT2D eigenvalue weighted by Crippen LogP contribution is 2.11. The van der Waals surface area contributed by atoms with Crippen LogP contribution in [0.4, 0.5) is 0 Å². The summed E-state index contributed by atoms with van der Waals surface area (Å²) in [5.41, 5.74) is 1.45. The molecule has 1 aliphatic rings. The number of hydrogen-bond acceptors (Lipinski definition) is 3. The van der Waals surface area contributed by atoms with E-state index in [1.807, 2.05) is 0 Å². The van der Waals surface area contributed by atoms with Gasteiger partial charge in [0.15, 0.2) is 0 Å². The lowest BCUT2D eigenvalue weighted by Crippen LogP contribution is -2.43. The van der Waals surface area contributed by atoms with Crippen molar-refractivity contribution in [3.8, 4) is 0 Å². The van der Waals surface area contributed by atoms with E-state index in [0.717, 1.165) is 26.2 Å². The number of likely N-dealkylation sites (tertiary alicyclic amines) is 1. The molecule has 0 saturated carbocycles. The molecule has 0 aliphatic carbocycles. The number of nitrogens with one attached hydrogen (secondary N) is 1. The molecule has 0 radical (unpaired) electrons. The summed E-state index contributed by atoms with van der Waals surface area (Å²) < 4.78 is 5.63. The van der Waals surface area contributed by atoms with Crippen molar-refractivity contribution in [3.63, 3.8) is 0 Å². The van der Waals surface area contributed by atoms with Crippen LogP contribution < -0.4 is 5.32 Å². The SMILES string of the molecule is CC(C)COCCCNC1CCN(CCc2ccccc2)CC1. The van der Waals surface area contributed by atoms with Gasteiger partial charge in [-0.15, -0.1) is 0 Å². The van der Waals surface area contributed by atoms with E-state index in [1.165, 1.54) is 44.5 Å². The minimum Gasteiger partial charge on any atom is -0.381 e. The van der Waals surface area contributed by atoms with Gasteiger partial charge in [-0.25, -0.2) is 0 Å². The first-order valence-electron chi connectivity index (χ1n) is 9.31. The molecule has 1 fully saturated rings. The van der Waals surface area contributed by atoms with E-state index in [9.17, 15) is 0 Å². The van der Waals surface area contributed by atoms with Crippen LogP contribution >= 0.6 is 0 Å². The molecule has 130 valence electrons. The van der Waals surface area contributed by atoms with E-state index in [2.05, 4.69) is 54.4 Å². The predicted octanol–water partition coefficient (Wildman–Crippen LogP) is 3.35. The highest BCUT2D eigenvalue weighted by molar-refractivity contribution is 5.14. The van der Waals surface area contributed by atoms with Crippen LogP contribution in [0.3, 0.4) is 0 Å². The van der Waals surface area contributed by atoms with E-state index in [1.54, 1.807) is 0 Å². The molecule has 2 rings (SSSR count). The predicted molar refractivity (Wildman–Crippen MR) is 97.9 cm³/mol. The van der Waals surface area contributed by atoms with Gasteiger partial charge in [0, 0.05) is 25.8 Å². The quantitative estimate of drug-likeness (QED) is 0.670. The first-order chi connectivity index (χ1) is 11.2. The Morgan fingerprint density at radius 3 is 2.61 bits per heavy atom. The molecule has 1 saturated heterocycles.